The van der Waals surface area contributed by atoms with Crippen LogP contribution in [-0.4, -0.2) is 25.6 Å². The summed E-state index contributed by atoms with van der Waals surface area (Å²) in [5, 5.41) is 13.6. The summed E-state index contributed by atoms with van der Waals surface area (Å²) in [5.41, 5.74) is 1.67. The molecule has 1 N–H and O–H groups in total. The third-order valence-corrected chi connectivity index (χ3v) is 7.13. The van der Waals surface area contributed by atoms with Gasteiger partial charge in [0.25, 0.3) is 0 Å². The Kier molecular flexibility index (Phi) is 8.71. The van der Waals surface area contributed by atoms with Crippen LogP contribution in [0.2, 0.25) is 10.0 Å². The maximum atomic E-state index is 13.0. The molecule has 2 aromatic carbocycles. The van der Waals surface area contributed by atoms with Gasteiger partial charge in [-0.05, 0) is 42.3 Å². The second-order valence-corrected chi connectivity index (χ2v) is 9.70. The molecule has 0 unspecified atom stereocenters. The van der Waals surface area contributed by atoms with Crippen LogP contribution < -0.4 is 10.1 Å². The number of benzene rings is 2. The van der Waals surface area contributed by atoms with Gasteiger partial charge in [0.1, 0.15) is 5.92 Å². The van der Waals surface area contributed by atoms with Gasteiger partial charge in [-0.3, -0.25) is 9.59 Å². The van der Waals surface area contributed by atoms with Crippen molar-refractivity contribution in [2.24, 2.45) is 5.92 Å². The maximum absolute atomic E-state index is 13.0. The normalized spacial score (nSPS) is 17.9. The first kappa shape index (κ1) is 25.4. The third-order valence-electron chi connectivity index (χ3n) is 4.95. The summed E-state index contributed by atoms with van der Waals surface area (Å²) in [7, 11) is 1.19. The average Bonchev–Trinajstić information content (AvgIpc) is 2.79. The minimum Gasteiger partial charge on any atom is -0.491 e. The monoisotopic (exact) mass is 568 g/mol. The molecule has 0 aliphatic carbocycles. The van der Waals surface area contributed by atoms with Gasteiger partial charge in [-0.25, -0.2) is 0 Å². The van der Waals surface area contributed by atoms with Crippen molar-refractivity contribution in [1.82, 2.24) is 5.32 Å². The smallest absolute Gasteiger partial charge is 0.319 e. The topological polar surface area (TPSA) is 88.4 Å². The summed E-state index contributed by atoms with van der Waals surface area (Å²) in [6.45, 7) is 2.15. The number of nitrogens with one attached hydrogen (secondary N) is 1. The van der Waals surface area contributed by atoms with Crippen molar-refractivity contribution >= 4 is 62.8 Å². The number of esters is 1. The number of methoxy groups -OCH3 is 1. The van der Waals surface area contributed by atoms with Gasteiger partial charge in [0, 0.05) is 16.1 Å². The van der Waals surface area contributed by atoms with E-state index in [0.717, 1.165) is 10.0 Å². The minimum absolute atomic E-state index is 0.218. The molecule has 1 amide bonds. The highest BCUT2D eigenvalue weighted by Gasteiger charge is 2.44. The zero-order valence-corrected chi connectivity index (χ0v) is 21.6. The summed E-state index contributed by atoms with van der Waals surface area (Å²) in [4.78, 5) is 25.5. The molecule has 0 bridgehead atoms. The SMILES string of the molecule is CCOc1c(Cl)cc([C@@H]2C(C#N)=C(SCc3ccc(Br)cc3)NC(=O)[C@@H]2C(=O)OC)cc1Cl. The zero-order valence-electron chi connectivity index (χ0n) is 17.7. The maximum Gasteiger partial charge on any atom is 0.319 e. The highest BCUT2D eigenvalue weighted by Crippen LogP contribution is 2.44. The summed E-state index contributed by atoms with van der Waals surface area (Å²) < 4.78 is 11.3. The van der Waals surface area contributed by atoms with Crippen LogP contribution in [0.25, 0.3) is 0 Å². The van der Waals surface area contributed by atoms with Gasteiger partial charge >= 0.3 is 5.97 Å². The molecule has 0 spiro atoms. The van der Waals surface area contributed by atoms with Crippen molar-refractivity contribution < 1.29 is 19.1 Å². The van der Waals surface area contributed by atoms with Crippen LogP contribution in [0.4, 0.5) is 0 Å². The Hall–Kier alpha value is -2.18. The van der Waals surface area contributed by atoms with Crippen LogP contribution in [-0.2, 0) is 20.1 Å². The quantitative estimate of drug-likeness (QED) is 0.333. The molecular formula is C23H19BrCl2N2O4S. The van der Waals surface area contributed by atoms with E-state index in [1.165, 1.54) is 18.9 Å². The fraction of sp³-hybridized carbons (Fsp3) is 0.261. The number of nitrogens with zero attached hydrogens (tertiary/aromatic N) is 1. The summed E-state index contributed by atoms with van der Waals surface area (Å²) >= 11 is 17.5. The number of hydrogen-bond acceptors (Lipinski definition) is 6. The molecular weight excluding hydrogens is 551 g/mol. The fourth-order valence-corrected chi connectivity index (χ4v) is 5.34. The second-order valence-electron chi connectivity index (χ2n) is 6.98. The van der Waals surface area contributed by atoms with Crippen LogP contribution >= 0.6 is 50.9 Å². The van der Waals surface area contributed by atoms with Gasteiger partial charge < -0.3 is 14.8 Å². The number of ether oxygens (including phenoxy) is 2. The lowest BCUT2D eigenvalue weighted by Gasteiger charge is -2.31. The molecule has 0 radical (unpaired) electrons. The fourth-order valence-electron chi connectivity index (χ4n) is 3.46. The van der Waals surface area contributed by atoms with Gasteiger partial charge in [-0.2, -0.15) is 5.26 Å². The molecule has 33 heavy (non-hydrogen) atoms. The standard InChI is InChI=1S/C23H19BrCl2N2O4S/c1-3-32-20-16(25)8-13(9-17(20)26)18-15(10-27)22(28-21(29)19(18)23(30)31-2)33-11-12-4-6-14(24)7-5-12/h4-9,18-19H,3,11H2,1-2H3,(H,28,29)/t18-,19-/m1/s1. The van der Waals surface area contributed by atoms with Crippen molar-refractivity contribution in [3.63, 3.8) is 0 Å². The molecule has 10 heteroatoms. The first-order valence-corrected chi connectivity index (χ1v) is 12.4. The Balaban J connectivity index is 2.07. The van der Waals surface area contributed by atoms with E-state index < -0.39 is 23.7 Å². The molecule has 0 saturated heterocycles. The first-order chi connectivity index (χ1) is 15.8. The molecule has 2 aromatic rings. The van der Waals surface area contributed by atoms with E-state index in [1.807, 2.05) is 24.3 Å². The molecule has 2 atom stereocenters. The Bertz CT molecular complexity index is 1130. The lowest BCUT2D eigenvalue weighted by atomic mass is 9.78. The Morgan fingerprint density at radius 1 is 1.24 bits per heavy atom. The lowest BCUT2D eigenvalue weighted by molar-refractivity contribution is -0.150. The second kappa shape index (κ2) is 11.3. The largest absolute Gasteiger partial charge is 0.491 e. The molecule has 0 saturated carbocycles. The van der Waals surface area contributed by atoms with E-state index in [4.69, 9.17) is 32.7 Å². The number of carbonyl (C=O) groups is 2. The van der Waals surface area contributed by atoms with Crippen LogP contribution in [0.3, 0.4) is 0 Å². The van der Waals surface area contributed by atoms with Gasteiger partial charge in [0.15, 0.2) is 5.75 Å². The summed E-state index contributed by atoms with van der Waals surface area (Å²) in [5.74, 6) is -2.71. The predicted molar refractivity (Wildman–Crippen MR) is 132 cm³/mol. The summed E-state index contributed by atoms with van der Waals surface area (Å²) in [6, 6.07) is 13.0. The van der Waals surface area contributed by atoms with Gasteiger partial charge in [0.2, 0.25) is 5.91 Å². The van der Waals surface area contributed by atoms with Gasteiger partial charge in [0.05, 0.1) is 40.4 Å². The Morgan fingerprint density at radius 2 is 1.88 bits per heavy atom. The van der Waals surface area contributed by atoms with Crippen LogP contribution in [0, 0.1) is 17.2 Å². The number of halogens is 3. The molecule has 1 aliphatic heterocycles. The van der Waals surface area contributed by atoms with Crippen molar-refractivity contribution in [1.29, 1.82) is 5.26 Å². The zero-order chi connectivity index (χ0) is 24.1. The first-order valence-electron chi connectivity index (χ1n) is 9.82. The molecule has 3 rings (SSSR count). The number of allylic oxidation sites excluding steroid dienone is 1. The van der Waals surface area contributed by atoms with E-state index in [2.05, 4.69) is 27.3 Å². The molecule has 172 valence electrons. The van der Waals surface area contributed by atoms with Gasteiger partial charge in [-0.15, -0.1) is 11.8 Å². The third kappa shape index (κ3) is 5.67. The van der Waals surface area contributed by atoms with Crippen LogP contribution in [0.1, 0.15) is 24.0 Å². The van der Waals surface area contributed by atoms with Crippen molar-refractivity contribution in [2.75, 3.05) is 13.7 Å². The van der Waals surface area contributed by atoms with E-state index in [1.54, 1.807) is 19.1 Å². The Labute approximate surface area is 214 Å². The molecule has 1 aliphatic rings. The molecule has 6 nitrogen and oxygen atoms in total. The number of hydrogen-bond donors (Lipinski definition) is 1. The number of amides is 1. The molecule has 0 fully saturated rings. The van der Waals surface area contributed by atoms with Crippen LogP contribution in [0.15, 0.2) is 51.5 Å². The van der Waals surface area contributed by atoms with Crippen LogP contribution in [0.5, 0.6) is 5.75 Å². The highest BCUT2D eigenvalue weighted by atomic mass is 79.9. The van der Waals surface area contributed by atoms with Gasteiger partial charge in [-0.1, -0.05) is 51.3 Å². The van der Waals surface area contributed by atoms with E-state index >= 15 is 0 Å². The van der Waals surface area contributed by atoms with E-state index in [0.29, 0.717) is 28.7 Å². The number of rotatable bonds is 7. The predicted octanol–water partition coefficient (Wildman–Crippen LogP) is 5.83. The van der Waals surface area contributed by atoms with Crippen molar-refractivity contribution in [2.45, 2.75) is 18.6 Å². The van der Waals surface area contributed by atoms with E-state index in [-0.39, 0.29) is 15.6 Å². The number of nitriles is 1. The molecule has 0 aromatic heterocycles. The Morgan fingerprint density at radius 3 is 2.42 bits per heavy atom. The van der Waals surface area contributed by atoms with Crippen molar-refractivity contribution in [3.8, 4) is 11.8 Å². The van der Waals surface area contributed by atoms with Crippen molar-refractivity contribution in [3.05, 3.63) is 72.6 Å². The number of thioether (sulfide) groups is 1. The van der Waals surface area contributed by atoms with E-state index in [9.17, 15) is 14.9 Å². The minimum atomic E-state index is -1.27. The number of carbonyl (C=O) groups excluding carboxylic acids is 2. The highest BCUT2D eigenvalue weighted by molar-refractivity contribution is 9.10. The molecule has 1 heterocycles. The lowest BCUT2D eigenvalue weighted by Crippen LogP contribution is -2.44. The summed E-state index contributed by atoms with van der Waals surface area (Å²) in [6.07, 6.45) is 0. The average molecular weight is 570 g/mol.